The van der Waals surface area contributed by atoms with Gasteiger partial charge >= 0.3 is 0 Å². The predicted molar refractivity (Wildman–Crippen MR) is 252 cm³/mol. The van der Waals surface area contributed by atoms with E-state index in [1.807, 2.05) is 91.0 Å². The minimum absolute atomic E-state index is 0.196. The molecule has 4 nitrogen and oxygen atoms in total. The van der Waals surface area contributed by atoms with Crippen LogP contribution in [0.25, 0.3) is 101 Å². The molecule has 0 spiro atoms. The van der Waals surface area contributed by atoms with E-state index in [9.17, 15) is 0 Å². The lowest BCUT2D eigenvalue weighted by Gasteiger charge is -2.21. The normalized spacial score (nSPS) is 11.3. The molecule has 0 unspecified atom stereocenters. The fourth-order valence-electron chi connectivity index (χ4n) is 7.82. The summed E-state index contributed by atoms with van der Waals surface area (Å²) in [5.41, 5.74) is 13.1. The van der Waals surface area contributed by atoms with E-state index in [4.69, 9.17) is 58.6 Å². The first kappa shape index (κ1) is 37.2. The zero-order chi connectivity index (χ0) is 40.9. The van der Waals surface area contributed by atoms with Crippen LogP contribution in [0.5, 0.6) is 0 Å². The number of nitrogens with zero attached hydrogens (tertiary/aromatic N) is 3. The summed E-state index contributed by atoms with van der Waals surface area (Å²) in [5, 5.41) is 2.03. The molecule has 10 radical (unpaired) electrons. The topological polar surface area (TPSA) is 51.8 Å². The molecule has 0 saturated heterocycles. The molecular weight excluding hydrogens is 725 g/mol. The summed E-state index contributed by atoms with van der Waals surface area (Å²) in [5.74, 6) is 1.75. The second-order valence-corrected chi connectivity index (χ2v) is 14.7. The fourth-order valence-corrected chi connectivity index (χ4v) is 7.82. The zero-order valence-electron chi connectivity index (χ0n) is 32.3. The van der Waals surface area contributed by atoms with Crippen molar-refractivity contribution in [2.45, 2.75) is 0 Å². The Bertz CT molecular complexity index is 3210. The van der Waals surface area contributed by atoms with Gasteiger partial charge in [0.1, 0.15) is 50.4 Å². The van der Waals surface area contributed by atoms with Gasteiger partial charge in [0, 0.05) is 33.0 Å². The lowest BCUT2D eigenvalue weighted by Crippen LogP contribution is -2.55. The van der Waals surface area contributed by atoms with Crippen molar-refractivity contribution in [2.24, 2.45) is 0 Å². The van der Waals surface area contributed by atoms with E-state index < -0.39 is 0 Å². The minimum atomic E-state index is 0.196. The van der Waals surface area contributed by atoms with Crippen molar-refractivity contribution in [2.75, 3.05) is 0 Å². The SMILES string of the molecule is [B]c1c([B])c([B])c(-c2ccc(-c3ccc(-c4cccc5c4oc4cc(-c6nc(-c7ccccc7)nc(-c7cccc(-c8ccccc8)c7)n6)ccc45)cc3)cc2)c([B])c1[B]. The smallest absolute Gasteiger partial charge is 0.164 e. The Morgan fingerprint density at radius 1 is 0.317 bits per heavy atom. The first-order valence-electron chi connectivity index (χ1n) is 19.5. The van der Waals surface area contributed by atoms with Crippen molar-refractivity contribution in [3.05, 3.63) is 170 Å². The molecule has 8 aromatic carbocycles. The van der Waals surface area contributed by atoms with Crippen LogP contribution >= 0.6 is 0 Å². The molecule has 60 heavy (non-hydrogen) atoms. The van der Waals surface area contributed by atoms with E-state index in [1.165, 1.54) is 0 Å². The molecule has 0 fully saturated rings. The Kier molecular flexibility index (Phi) is 9.45. The molecule has 10 rings (SSSR count). The average molecular weight is 753 g/mol. The van der Waals surface area contributed by atoms with Crippen LogP contribution in [0, 0.1) is 0 Å². The number of para-hydroxylation sites is 1. The van der Waals surface area contributed by atoms with Gasteiger partial charge in [0.15, 0.2) is 17.5 Å². The van der Waals surface area contributed by atoms with Crippen molar-refractivity contribution < 1.29 is 4.42 Å². The molecule has 2 aromatic heterocycles. The van der Waals surface area contributed by atoms with Crippen LogP contribution in [0.3, 0.4) is 0 Å². The number of aromatic nitrogens is 3. The minimum Gasteiger partial charge on any atom is -0.455 e. The van der Waals surface area contributed by atoms with Gasteiger partial charge < -0.3 is 4.42 Å². The molecule has 10 aromatic rings. The van der Waals surface area contributed by atoms with Crippen molar-refractivity contribution in [1.29, 1.82) is 0 Å². The summed E-state index contributed by atoms with van der Waals surface area (Å²) in [6.45, 7) is 0. The van der Waals surface area contributed by atoms with Crippen molar-refractivity contribution in [1.82, 2.24) is 15.0 Å². The van der Waals surface area contributed by atoms with Gasteiger partial charge in [-0.05, 0) is 57.1 Å². The van der Waals surface area contributed by atoms with E-state index in [-0.39, 0.29) is 16.4 Å². The van der Waals surface area contributed by atoms with Crippen molar-refractivity contribution in [3.8, 4) is 78.7 Å². The van der Waals surface area contributed by atoms with Crippen LogP contribution in [0.1, 0.15) is 0 Å². The molecule has 0 aliphatic carbocycles. The summed E-state index contributed by atoms with van der Waals surface area (Å²) in [6.07, 6.45) is 0. The first-order valence-corrected chi connectivity index (χ1v) is 19.5. The van der Waals surface area contributed by atoms with E-state index >= 15 is 0 Å². The molecule has 0 bridgehead atoms. The predicted octanol–water partition coefficient (Wildman–Crippen LogP) is 7.41. The summed E-state index contributed by atoms with van der Waals surface area (Å²) in [7, 11) is 30.9. The molecular formula is C51H28B5N3O. The monoisotopic (exact) mass is 753 g/mol. The highest BCUT2D eigenvalue weighted by Crippen LogP contribution is 2.38. The lowest BCUT2D eigenvalue weighted by atomic mass is 9.59. The standard InChI is InChI=1S/C51H28B5N3O/c52-43-42(44(53)46(55)47(56)45(43)54)33-23-19-31(20-24-33)30-17-21-32(22-18-30)38-15-8-16-40-39-26-25-37(28-41(39)60-48(38)40)51-58-49(34-11-5-2-6-12-34)57-50(59-51)36-14-7-13-35(27-36)29-9-3-1-4-10-29/h1-28H. The van der Waals surface area contributed by atoms with Crippen LogP contribution in [-0.4, -0.2) is 54.2 Å². The zero-order valence-corrected chi connectivity index (χ0v) is 32.3. The van der Waals surface area contributed by atoms with E-state index in [2.05, 4.69) is 78.9 Å². The average Bonchev–Trinajstić information content (AvgIpc) is 3.69. The third-order valence-electron chi connectivity index (χ3n) is 11.1. The Hall–Kier alpha value is -7.11. The van der Waals surface area contributed by atoms with Crippen LogP contribution < -0.4 is 27.3 Å². The number of rotatable bonds is 7. The molecule has 0 atom stereocenters. The summed E-state index contributed by atoms with van der Waals surface area (Å²) >= 11 is 0. The molecule has 2 heterocycles. The maximum absolute atomic E-state index is 6.69. The largest absolute Gasteiger partial charge is 0.455 e. The van der Waals surface area contributed by atoms with Crippen molar-refractivity contribution in [3.63, 3.8) is 0 Å². The van der Waals surface area contributed by atoms with E-state index in [0.717, 1.165) is 77.6 Å². The highest BCUT2D eigenvalue weighted by molar-refractivity contribution is 6.68. The highest BCUT2D eigenvalue weighted by atomic mass is 16.3. The number of hydrogen-bond acceptors (Lipinski definition) is 4. The lowest BCUT2D eigenvalue weighted by molar-refractivity contribution is 0.670. The number of benzene rings is 8. The van der Waals surface area contributed by atoms with Crippen LogP contribution in [-0.2, 0) is 0 Å². The highest BCUT2D eigenvalue weighted by Gasteiger charge is 2.18. The third kappa shape index (κ3) is 6.66. The summed E-state index contributed by atoms with van der Waals surface area (Å²) < 4.78 is 6.69. The van der Waals surface area contributed by atoms with Crippen LogP contribution in [0.4, 0.5) is 0 Å². The molecule has 0 aliphatic heterocycles. The third-order valence-corrected chi connectivity index (χ3v) is 11.1. The van der Waals surface area contributed by atoms with Gasteiger partial charge in [-0.15, -0.1) is 16.4 Å². The quantitative estimate of drug-likeness (QED) is 0.159. The summed E-state index contributed by atoms with van der Waals surface area (Å²) in [4.78, 5) is 15.0. The Labute approximate surface area is 354 Å². The van der Waals surface area contributed by atoms with Gasteiger partial charge in [-0.2, -0.15) is 0 Å². The second-order valence-electron chi connectivity index (χ2n) is 14.7. The Balaban J connectivity index is 0.991. The number of hydrogen-bond donors (Lipinski definition) is 0. The van der Waals surface area contributed by atoms with Crippen molar-refractivity contribution >= 4 is 88.5 Å². The number of furan rings is 1. The molecule has 0 saturated carbocycles. The summed E-state index contributed by atoms with van der Waals surface area (Å²) in [6, 6.07) is 57.4. The number of fused-ring (bicyclic) bond motifs is 3. The Morgan fingerprint density at radius 2 is 0.767 bits per heavy atom. The van der Waals surface area contributed by atoms with Gasteiger partial charge in [-0.3, -0.25) is 0 Å². The van der Waals surface area contributed by atoms with Gasteiger partial charge in [0.05, 0.1) is 0 Å². The van der Waals surface area contributed by atoms with E-state index in [1.54, 1.807) is 0 Å². The fraction of sp³-hybridized carbons (Fsp3) is 0. The van der Waals surface area contributed by atoms with Gasteiger partial charge in [-0.1, -0.05) is 163 Å². The van der Waals surface area contributed by atoms with Crippen LogP contribution in [0.15, 0.2) is 174 Å². The maximum Gasteiger partial charge on any atom is 0.164 e. The molecule has 9 heteroatoms. The van der Waals surface area contributed by atoms with Gasteiger partial charge in [0.2, 0.25) is 0 Å². The molecule has 0 amide bonds. The van der Waals surface area contributed by atoms with Gasteiger partial charge in [-0.25, -0.2) is 15.0 Å². The second kappa shape index (κ2) is 15.2. The van der Waals surface area contributed by atoms with Gasteiger partial charge in [0.25, 0.3) is 0 Å². The van der Waals surface area contributed by atoms with Crippen LogP contribution in [0.2, 0.25) is 0 Å². The maximum atomic E-state index is 6.69. The Morgan fingerprint density at radius 3 is 1.40 bits per heavy atom. The molecule has 0 N–H and O–H groups in total. The first-order chi connectivity index (χ1) is 29.3. The molecule has 0 aliphatic rings. The molecule has 268 valence electrons. The van der Waals surface area contributed by atoms with E-state index in [0.29, 0.717) is 34.0 Å².